The summed E-state index contributed by atoms with van der Waals surface area (Å²) < 4.78 is 43.8. The van der Waals surface area contributed by atoms with Crippen LogP contribution in [0.1, 0.15) is 34.6 Å². The first-order valence-electron chi connectivity index (χ1n) is 10.5. The summed E-state index contributed by atoms with van der Waals surface area (Å²) in [4.78, 5) is 23.7. The second kappa shape index (κ2) is 8.28. The predicted octanol–water partition coefficient (Wildman–Crippen LogP) is 5.60. The average molecular weight is 485 g/mol. The summed E-state index contributed by atoms with van der Waals surface area (Å²) in [6, 6.07) is 12.8. The molecule has 1 atom stereocenters. The third-order valence-electron chi connectivity index (χ3n) is 5.85. The SMILES string of the molecule is C[C@@H](c1ccccc1OC(F)(F)F)N1CCc2ncc(-c3ccc4nc(N)sc4c3)cc2C1=O. The summed E-state index contributed by atoms with van der Waals surface area (Å²) in [5, 5.41) is 0.477. The molecule has 0 aliphatic carbocycles. The number of amides is 1. The van der Waals surface area contributed by atoms with Gasteiger partial charge in [0.25, 0.3) is 5.91 Å². The van der Waals surface area contributed by atoms with Crippen LogP contribution in [-0.4, -0.2) is 33.7 Å². The van der Waals surface area contributed by atoms with Crippen molar-refractivity contribution in [2.24, 2.45) is 0 Å². The van der Waals surface area contributed by atoms with E-state index in [0.717, 1.165) is 21.3 Å². The van der Waals surface area contributed by atoms with E-state index in [4.69, 9.17) is 5.73 Å². The molecule has 4 aromatic rings. The van der Waals surface area contributed by atoms with Crippen molar-refractivity contribution in [2.75, 3.05) is 12.3 Å². The number of thiazole rings is 1. The molecule has 34 heavy (non-hydrogen) atoms. The number of halogens is 3. The Balaban J connectivity index is 1.47. The maximum absolute atomic E-state index is 13.4. The average Bonchev–Trinajstić information content (AvgIpc) is 3.17. The largest absolute Gasteiger partial charge is 0.573 e. The van der Waals surface area contributed by atoms with Crippen molar-refractivity contribution in [1.82, 2.24) is 14.9 Å². The van der Waals surface area contributed by atoms with E-state index in [0.29, 0.717) is 29.4 Å². The fraction of sp³-hybridized carbons (Fsp3) is 0.208. The van der Waals surface area contributed by atoms with Gasteiger partial charge in [-0.05, 0) is 36.8 Å². The number of alkyl halides is 3. The first kappa shape index (κ1) is 22.1. The fourth-order valence-corrected chi connectivity index (χ4v) is 4.99. The van der Waals surface area contributed by atoms with E-state index in [1.165, 1.54) is 23.5 Å². The number of fused-ring (bicyclic) bond motifs is 2. The lowest BCUT2D eigenvalue weighted by Gasteiger charge is -2.34. The van der Waals surface area contributed by atoms with Gasteiger partial charge in [0.1, 0.15) is 5.75 Å². The number of ether oxygens (including phenoxy) is 1. The molecule has 0 unspecified atom stereocenters. The Labute approximate surface area is 196 Å². The molecule has 0 spiro atoms. The van der Waals surface area contributed by atoms with E-state index in [1.807, 2.05) is 18.2 Å². The zero-order valence-corrected chi connectivity index (χ0v) is 18.8. The summed E-state index contributed by atoms with van der Waals surface area (Å²) in [5.74, 6) is -0.599. The Morgan fingerprint density at radius 3 is 2.74 bits per heavy atom. The minimum absolute atomic E-state index is 0.284. The van der Waals surface area contributed by atoms with Gasteiger partial charge in [-0.25, -0.2) is 4.98 Å². The van der Waals surface area contributed by atoms with Gasteiger partial charge in [0.2, 0.25) is 0 Å². The number of nitrogen functional groups attached to an aromatic ring is 1. The Morgan fingerprint density at radius 2 is 1.94 bits per heavy atom. The molecule has 1 aliphatic rings. The smallest absolute Gasteiger partial charge is 0.405 e. The highest BCUT2D eigenvalue weighted by Gasteiger charge is 2.35. The number of pyridine rings is 1. The van der Waals surface area contributed by atoms with Gasteiger partial charge < -0.3 is 15.4 Å². The number of nitrogens with zero attached hydrogens (tertiary/aromatic N) is 3. The van der Waals surface area contributed by atoms with Crippen LogP contribution in [0.15, 0.2) is 54.7 Å². The minimum Gasteiger partial charge on any atom is -0.405 e. The molecule has 0 saturated heterocycles. The van der Waals surface area contributed by atoms with Gasteiger partial charge in [-0.1, -0.05) is 35.6 Å². The minimum atomic E-state index is -4.82. The molecule has 3 heterocycles. The van der Waals surface area contributed by atoms with Crippen molar-refractivity contribution in [1.29, 1.82) is 0 Å². The number of nitrogens with two attached hydrogens (primary N) is 1. The fourth-order valence-electron chi connectivity index (χ4n) is 4.22. The number of para-hydroxylation sites is 1. The third kappa shape index (κ3) is 4.16. The number of rotatable bonds is 4. The Kier molecular flexibility index (Phi) is 5.40. The summed E-state index contributed by atoms with van der Waals surface area (Å²) >= 11 is 1.38. The van der Waals surface area contributed by atoms with Crippen molar-refractivity contribution >= 4 is 32.6 Å². The molecule has 174 valence electrons. The number of hydrogen-bond donors (Lipinski definition) is 1. The van der Waals surface area contributed by atoms with Crippen LogP contribution < -0.4 is 10.5 Å². The monoisotopic (exact) mass is 484 g/mol. The van der Waals surface area contributed by atoms with Crippen molar-refractivity contribution < 1.29 is 22.7 Å². The number of carbonyl (C=O) groups is 1. The molecule has 2 aromatic carbocycles. The highest BCUT2D eigenvalue weighted by molar-refractivity contribution is 7.22. The van der Waals surface area contributed by atoms with Crippen LogP contribution in [0.2, 0.25) is 0 Å². The van der Waals surface area contributed by atoms with Crippen LogP contribution in [0.25, 0.3) is 21.3 Å². The zero-order valence-electron chi connectivity index (χ0n) is 18.0. The van der Waals surface area contributed by atoms with E-state index in [9.17, 15) is 18.0 Å². The molecule has 0 bridgehead atoms. The summed E-state index contributed by atoms with van der Waals surface area (Å²) in [6.07, 6.45) is -2.60. The number of hydrogen-bond acceptors (Lipinski definition) is 6. The number of benzene rings is 2. The van der Waals surface area contributed by atoms with Gasteiger partial charge in [0.15, 0.2) is 5.13 Å². The maximum Gasteiger partial charge on any atom is 0.573 e. The first-order chi connectivity index (χ1) is 16.2. The molecule has 6 nitrogen and oxygen atoms in total. The Morgan fingerprint density at radius 1 is 1.15 bits per heavy atom. The van der Waals surface area contributed by atoms with E-state index >= 15 is 0 Å². The van der Waals surface area contributed by atoms with Crippen LogP contribution in [0.4, 0.5) is 18.3 Å². The van der Waals surface area contributed by atoms with E-state index < -0.39 is 12.4 Å². The van der Waals surface area contributed by atoms with Crippen molar-refractivity contribution in [2.45, 2.75) is 25.7 Å². The van der Waals surface area contributed by atoms with Gasteiger partial charge >= 0.3 is 6.36 Å². The molecular weight excluding hydrogens is 465 g/mol. The third-order valence-corrected chi connectivity index (χ3v) is 6.70. The van der Waals surface area contributed by atoms with Gasteiger partial charge in [-0.15, -0.1) is 13.2 Å². The molecule has 5 rings (SSSR count). The molecule has 1 aliphatic heterocycles. The van der Waals surface area contributed by atoms with Gasteiger partial charge in [-0.2, -0.15) is 0 Å². The highest BCUT2D eigenvalue weighted by Crippen LogP contribution is 2.36. The molecule has 2 aromatic heterocycles. The van der Waals surface area contributed by atoms with E-state index in [-0.39, 0.29) is 17.2 Å². The lowest BCUT2D eigenvalue weighted by molar-refractivity contribution is -0.275. The number of aromatic nitrogens is 2. The van der Waals surface area contributed by atoms with Crippen molar-refractivity contribution in [3.63, 3.8) is 0 Å². The van der Waals surface area contributed by atoms with Crippen LogP contribution in [0.3, 0.4) is 0 Å². The van der Waals surface area contributed by atoms with Crippen LogP contribution in [0, 0.1) is 0 Å². The summed E-state index contributed by atoms with van der Waals surface area (Å²) in [6.45, 7) is 2.03. The molecule has 2 N–H and O–H groups in total. The lowest BCUT2D eigenvalue weighted by atomic mass is 9.97. The Hall–Kier alpha value is -3.66. The zero-order chi connectivity index (χ0) is 24.0. The molecule has 0 saturated carbocycles. The normalized spacial score (nSPS) is 14.8. The maximum atomic E-state index is 13.4. The molecule has 10 heteroatoms. The number of carbonyl (C=O) groups excluding carboxylic acids is 1. The van der Waals surface area contributed by atoms with Crippen molar-refractivity contribution in [3.8, 4) is 16.9 Å². The van der Waals surface area contributed by atoms with E-state index in [2.05, 4.69) is 14.7 Å². The Bertz CT molecular complexity index is 1400. The van der Waals surface area contributed by atoms with Gasteiger partial charge in [0, 0.05) is 30.3 Å². The summed E-state index contributed by atoms with van der Waals surface area (Å²) in [7, 11) is 0. The topological polar surface area (TPSA) is 81.3 Å². The second-order valence-corrected chi connectivity index (χ2v) is 9.03. The lowest BCUT2D eigenvalue weighted by Crippen LogP contribution is -2.40. The van der Waals surface area contributed by atoms with Crippen molar-refractivity contribution in [3.05, 3.63) is 71.5 Å². The second-order valence-electron chi connectivity index (χ2n) is 7.96. The predicted molar refractivity (Wildman–Crippen MR) is 124 cm³/mol. The van der Waals surface area contributed by atoms with Gasteiger partial charge in [0.05, 0.1) is 27.5 Å². The van der Waals surface area contributed by atoms with Crippen LogP contribution >= 0.6 is 11.3 Å². The molecule has 0 radical (unpaired) electrons. The van der Waals surface area contributed by atoms with Crippen LogP contribution in [-0.2, 0) is 6.42 Å². The quantitative estimate of drug-likeness (QED) is 0.408. The molecular formula is C24H19F3N4O2S. The van der Waals surface area contributed by atoms with Crippen LogP contribution in [0.5, 0.6) is 5.75 Å². The first-order valence-corrected chi connectivity index (χ1v) is 11.3. The van der Waals surface area contributed by atoms with Gasteiger partial charge in [-0.3, -0.25) is 9.78 Å². The summed E-state index contributed by atoms with van der Waals surface area (Å²) in [5.41, 5.74) is 9.62. The standard InChI is InChI=1S/C24H19F3N4O2S/c1-13(16-4-2-3-5-20(16)33-24(25,26)27)31-9-8-18-17(22(31)32)10-15(12-29-18)14-6-7-19-21(11-14)34-23(28)30-19/h2-7,10-13H,8-9H2,1H3,(H2,28,30)/t13-/m0/s1. The highest BCUT2D eigenvalue weighted by atomic mass is 32.1. The molecule has 0 fully saturated rings. The number of anilines is 1. The molecule has 1 amide bonds. The van der Waals surface area contributed by atoms with E-state index in [1.54, 1.807) is 36.2 Å².